The summed E-state index contributed by atoms with van der Waals surface area (Å²) in [5.41, 5.74) is 0.561. The topological polar surface area (TPSA) is 9.23 Å². The van der Waals surface area contributed by atoms with E-state index in [4.69, 9.17) is 4.74 Å². The summed E-state index contributed by atoms with van der Waals surface area (Å²) >= 11 is 0. The quantitative estimate of drug-likeness (QED) is 0.223. The summed E-state index contributed by atoms with van der Waals surface area (Å²) in [4.78, 5) is 0. The van der Waals surface area contributed by atoms with Crippen molar-refractivity contribution in [1.82, 2.24) is 0 Å². The van der Waals surface area contributed by atoms with E-state index in [1.807, 2.05) is 0 Å². The highest BCUT2D eigenvalue weighted by Gasteiger charge is 2.32. The van der Waals surface area contributed by atoms with Crippen LogP contribution < -0.4 is 4.74 Å². The van der Waals surface area contributed by atoms with Crippen LogP contribution in [0.3, 0.4) is 0 Å². The molecule has 0 bridgehead atoms. The van der Waals surface area contributed by atoms with Gasteiger partial charge in [0.15, 0.2) is 11.6 Å². The van der Waals surface area contributed by atoms with Crippen molar-refractivity contribution < 1.29 is 13.5 Å². The van der Waals surface area contributed by atoms with Crippen molar-refractivity contribution in [3.63, 3.8) is 0 Å². The highest BCUT2D eigenvalue weighted by atomic mass is 19.2. The number of ether oxygens (including phenoxy) is 1. The molecule has 3 rings (SSSR count). The molecule has 0 aromatic heterocycles. The van der Waals surface area contributed by atoms with Gasteiger partial charge in [0.25, 0.3) is 0 Å². The molecule has 2 saturated carbocycles. The van der Waals surface area contributed by atoms with Gasteiger partial charge in [-0.25, -0.2) is 4.39 Å². The SMILES string of the molecule is C/C=C/C1CCC(C2CCC(c3ccc(OCCCCCCCCC)c(F)c3F)CC2)CC1. The van der Waals surface area contributed by atoms with Crippen LogP contribution in [0.25, 0.3) is 0 Å². The molecule has 2 aliphatic carbocycles. The van der Waals surface area contributed by atoms with E-state index in [1.54, 1.807) is 12.1 Å². The molecule has 1 nitrogen and oxygen atoms in total. The van der Waals surface area contributed by atoms with Crippen LogP contribution >= 0.6 is 0 Å². The van der Waals surface area contributed by atoms with Crippen molar-refractivity contribution in [1.29, 1.82) is 0 Å². The van der Waals surface area contributed by atoms with E-state index in [9.17, 15) is 8.78 Å². The molecule has 2 fully saturated rings. The standard InChI is InChI=1S/C30H46F2O/c1-3-5-6-7-8-9-10-22-33-28-21-20-27(29(31)30(28)32)26-18-16-25(17-19-26)24-14-12-23(11-4-2)13-15-24/h4,11,20-21,23-26H,3,5-10,12-19,22H2,1-2H3/b11-4+. The van der Waals surface area contributed by atoms with Gasteiger partial charge in [0.1, 0.15) is 0 Å². The van der Waals surface area contributed by atoms with Crippen molar-refractivity contribution in [2.24, 2.45) is 17.8 Å². The molecule has 0 aliphatic heterocycles. The zero-order valence-corrected chi connectivity index (χ0v) is 21.1. The number of hydrogen-bond acceptors (Lipinski definition) is 1. The minimum absolute atomic E-state index is 0.0776. The van der Waals surface area contributed by atoms with Gasteiger partial charge in [-0.2, -0.15) is 4.39 Å². The molecule has 1 aromatic rings. The third kappa shape index (κ3) is 7.82. The number of rotatable bonds is 12. The first-order chi connectivity index (χ1) is 16.1. The molecule has 186 valence electrons. The van der Waals surface area contributed by atoms with Crippen LogP contribution in [0, 0.1) is 29.4 Å². The Hall–Kier alpha value is -1.38. The molecule has 3 heteroatoms. The molecule has 0 heterocycles. The smallest absolute Gasteiger partial charge is 0.200 e. The van der Waals surface area contributed by atoms with Crippen molar-refractivity contribution >= 4 is 0 Å². The van der Waals surface area contributed by atoms with Crippen LogP contribution in [-0.4, -0.2) is 6.61 Å². The Morgan fingerprint density at radius 1 is 0.788 bits per heavy atom. The van der Waals surface area contributed by atoms with E-state index in [0.29, 0.717) is 12.2 Å². The predicted molar refractivity (Wildman–Crippen MR) is 135 cm³/mol. The molecular formula is C30H46F2O. The van der Waals surface area contributed by atoms with E-state index in [-0.39, 0.29) is 11.7 Å². The molecule has 0 unspecified atom stereocenters. The lowest BCUT2D eigenvalue weighted by molar-refractivity contribution is 0.170. The first kappa shape index (κ1) is 26.2. The third-order valence-electron chi connectivity index (χ3n) is 8.24. The Labute approximate surface area is 201 Å². The lowest BCUT2D eigenvalue weighted by Crippen LogP contribution is -2.25. The normalized spacial score (nSPS) is 26.1. The third-order valence-corrected chi connectivity index (χ3v) is 8.24. The van der Waals surface area contributed by atoms with Crippen molar-refractivity contribution in [2.75, 3.05) is 6.61 Å². The van der Waals surface area contributed by atoms with Crippen molar-refractivity contribution in [3.8, 4) is 5.75 Å². The Bertz CT molecular complexity index is 712. The Kier molecular flexibility index (Phi) is 11.2. The summed E-state index contributed by atoms with van der Waals surface area (Å²) in [5.74, 6) is 1.12. The zero-order chi connectivity index (χ0) is 23.5. The van der Waals surface area contributed by atoms with Gasteiger partial charge in [-0.3, -0.25) is 0 Å². The first-order valence-corrected chi connectivity index (χ1v) is 13.9. The molecule has 0 N–H and O–H groups in total. The Balaban J connectivity index is 1.42. The summed E-state index contributed by atoms with van der Waals surface area (Å²) in [5, 5.41) is 0. The second-order valence-corrected chi connectivity index (χ2v) is 10.6. The number of benzene rings is 1. The monoisotopic (exact) mass is 460 g/mol. The van der Waals surface area contributed by atoms with Gasteiger partial charge in [0, 0.05) is 0 Å². The fraction of sp³-hybridized carbons (Fsp3) is 0.733. The summed E-state index contributed by atoms with van der Waals surface area (Å²) in [6.45, 7) is 4.80. The molecule has 0 amide bonds. The molecule has 33 heavy (non-hydrogen) atoms. The van der Waals surface area contributed by atoms with Crippen LogP contribution in [0.15, 0.2) is 24.3 Å². The van der Waals surface area contributed by atoms with Crippen molar-refractivity contribution in [3.05, 3.63) is 41.5 Å². The van der Waals surface area contributed by atoms with Gasteiger partial charge >= 0.3 is 0 Å². The molecule has 0 saturated heterocycles. The fourth-order valence-corrected chi connectivity index (χ4v) is 6.20. The average Bonchev–Trinajstić information content (AvgIpc) is 2.84. The molecule has 1 aromatic carbocycles. The van der Waals surface area contributed by atoms with E-state index < -0.39 is 11.6 Å². The minimum atomic E-state index is -0.792. The minimum Gasteiger partial charge on any atom is -0.490 e. The molecule has 0 atom stereocenters. The van der Waals surface area contributed by atoms with Crippen molar-refractivity contribution in [2.45, 2.75) is 116 Å². The molecule has 2 aliphatic rings. The second-order valence-electron chi connectivity index (χ2n) is 10.6. The van der Waals surface area contributed by atoms with Gasteiger partial charge in [-0.1, -0.05) is 63.7 Å². The zero-order valence-electron chi connectivity index (χ0n) is 21.1. The summed E-state index contributed by atoms with van der Waals surface area (Å²) in [6.07, 6.45) is 22.4. The summed E-state index contributed by atoms with van der Waals surface area (Å²) < 4.78 is 35.2. The van der Waals surface area contributed by atoms with E-state index >= 15 is 0 Å². The predicted octanol–water partition coefficient (Wildman–Crippen LogP) is 9.75. The van der Waals surface area contributed by atoms with Gasteiger partial charge in [0.2, 0.25) is 5.82 Å². The largest absolute Gasteiger partial charge is 0.490 e. The van der Waals surface area contributed by atoms with Crippen LogP contribution in [-0.2, 0) is 0 Å². The Morgan fingerprint density at radius 3 is 2.03 bits per heavy atom. The number of hydrogen-bond donors (Lipinski definition) is 0. The molecule has 0 radical (unpaired) electrons. The van der Waals surface area contributed by atoms with Gasteiger partial charge < -0.3 is 4.74 Å². The maximum atomic E-state index is 14.9. The Morgan fingerprint density at radius 2 is 1.39 bits per heavy atom. The van der Waals surface area contributed by atoms with Gasteiger partial charge in [-0.15, -0.1) is 0 Å². The number of unbranched alkanes of at least 4 members (excludes halogenated alkanes) is 6. The first-order valence-electron chi connectivity index (χ1n) is 13.9. The lowest BCUT2D eigenvalue weighted by atomic mass is 9.68. The molecule has 0 spiro atoms. The maximum Gasteiger partial charge on any atom is 0.200 e. The highest BCUT2D eigenvalue weighted by Crippen LogP contribution is 2.45. The molecular weight excluding hydrogens is 414 g/mol. The number of halogens is 2. The van der Waals surface area contributed by atoms with Crippen LogP contribution in [0.1, 0.15) is 122 Å². The van der Waals surface area contributed by atoms with Crippen LogP contribution in [0.5, 0.6) is 5.75 Å². The van der Waals surface area contributed by atoms with Crippen LogP contribution in [0.2, 0.25) is 0 Å². The van der Waals surface area contributed by atoms with E-state index in [0.717, 1.165) is 56.3 Å². The van der Waals surface area contributed by atoms with E-state index in [1.165, 1.54) is 57.8 Å². The average molecular weight is 461 g/mol. The highest BCUT2D eigenvalue weighted by molar-refractivity contribution is 5.33. The maximum absolute atomic E-state index is 14.9. The van der Waals surface area contributed by atoms with Gasteiger partial charge in [0.05, 0.1) is 6.61 Å². The van der Waals surface area contributed by atoms with Gasteiger partial charge in [-0.05, 0) is 100 Å². The fourth-order valence-electron chi connectivity index (χ4n) is 6.20. The summed E-state index contributed by atoms with van der Waals surface area (Å²) in [6, 6.07) is 3.44. The number of allylic oxidation sites excluding steroid dienone is 2. The second kappa shape index (κ2) is 14.1. The lowest BCUT2D eigenvalue weighted by Gasteiger charge is -2.37. The van der Waals surface area contributed by atoms with Crippen LogP contribution in [0.4, 0.5) is 8.78 Å². The van der Waals surface area contributed by atoms with E-state index in [2.05, 4.69) is 26.0 Å². The summed E-state index contributed by atoms with van der Waals surface area (Å²) in [7, 11) is 0.